The summed E-state index contributed by atoms with van der Waals surface area (Å²) in [5, 5.41) is 19.3. The van der Waals surface area contributed by atoms with Gasteiger partial charge in [0.15, 0.2) is 0 Å². The van der Waals surface area contributed by atoms with Gasteiger partial charge in [-0.1, -0.05) is 146 Å². The molecule has 0 aliphatic carbocycles. The van der Waals surface area contributed by atoms with E-state index in [9.17, 15) is 5.26 Å². The molecule has 0 aromatic heterocycles. The van der Waals surface area contributed by atoms with Crippen LogP contribution in [0.15, 0.2) is 152 Å². The molecule has 1 nitrogen and oxygen atoms in total. The third-order valence-corrected chi connectivity index (χ3v) is 8.50. The van der Waals surface area contributed by atoms with Gasteiger partial charge in [0.05, 0.1) is 5.56 Å². The number of hydrogen-bond donors (Lipinski definition) is 0. The average Bonchev–Trinajstić information content (AvgIpc) is 3.06. The molecule has 1 heteroatoms. The lowest BCUT2D eigenvalue weighted by Gasteiger charge is -2.20. The van der Waals surface area contributed by atoms with Crippen LogP contribution in [0.4, 0.5) is 0 Å². The number of nitriles is 1. The van der Waals surface area contributed by atoms with E-state index >= 15 is 0 Å². The van der Waals surface area contributed by atoms with Crippen LogP contribution in [0.2, 0.25) is 0 Å². The minimum Gasteiger partial charge on any atom is -0.192 e. The van der Waals surface area contributed by atoms with Gasteiger partial charge >= 0.3 is 0 Å². The summed E-state index contributed by atoms with van der Waals surface area (Å²) in [6.45, 7) is 0. The standard InChI is InChI=1S/C41H25N/c42-26-39-33-19-7-11-23-37(33)41(38-24-12-8-20-34(38)39)36-22-10-6-18-32(36)31-17-5-9-21-35(31)40-29-15-3-1-13-27(29)25-28-14-2-4-16-30(28)40/h1-25H. The number of benzene rings is 8. The molecule has 194 valence electrons. The van der Waals surface area contributed by atoms with Crippen LogP contribution >= 0.6 is 0 Å². The molecule has 0 fully saturated rings. The van der Waals surface area contributed by atoms with Gasteiger partial charge in [0, 0.05) is 10.8 Å². The highest BCUT2D eigenvalue weighted by Crippen LogP contribution is 2.46. The largest absolute Gasteiger partial charge is 0.192 e. The SMILES string of the molecule is N#Cc1c2ccccc2c(-c2ccccc2-c2ccccc2-c2c3ccccc3cc3ccccc23)c2ccccc12. The van der Waals surface area contributed by atoms with E-state index in [-0.39, 0.29) is 0 Å². The second-order valence-electron chi connectivity index (χ2n) is 10.7. The summed E-state index contributed by atoms with van der Waals surface area (Å²) in [6, 6.07) is 56.3. The summed E-state index contributed by atoms with van der Waals surface area (Å²) in [5.41, 5.74) is 7.87. The van der Waals surface area contributed by atoms with Gasteiger partial charge in [0.25, 0.3) is 0 Å². The second-order valence-corrected chi connectivity index (χ2v) is 10.7. The molecule has 8 aromatic rings. The Bertz CT molecular complexity index is 2260. The van der Waals surface area contributed by atoms with Crippen molar-refractivity contribution in [2.24, 2.45) is 0 Å². The quantitative estimate of drug-likeness (QED) is 0.208. The van der Waals surface area contributed by atoms with Crippen LogP contribution in [0, 0.1) is 11.3 Å². The Labute approximate surface area is 244 Å². The molecule has 0 bridgehead atoms. The minimum absolute atomic E-state index is 0.727. The molecule has 42 heavy (non-hydrogen) atoms. The normalized spacial score (nSPS) is 11.3. The maximum absolute atomic E-state index is 10.2. The fraction of sp³-hybridized carbons (Fsp3) is 0. The molecular formula is C41H25N. The summed E-state index contributed by atoms with van der Waals surface area (Å²) in [6.07, 6.45) is 0. The highest BCUT2D eigenvalue weighted by atomic mass is 14.3. The van der Waals surface area contributed by atoms with Gasteiger partial charge in [-0.25, -0.2) is 0 Å². The van der Waals surface area contributed by atoms with Crippen LogP contribution in [0.3, 0.4) is 0 Å². The highest BCUT2D eigenvalue weighted by molar-refractivity contribution is 6.19. The molecule has 0 unspecified atom stereocenters. The summed E-state index contributed by atoms with van der Waals surface area (Å²) in [5.74, 6) is 0. The zero-order chi connectivity index (χ0) is 28.0. The number of fused-ring (bicyclic) bond motifs is 4. The van der Waals surface area contributed by atoms with Gasteiger partial charge in [0.1, 0.15) is 6.07 Å². The summed E-state index contributed by atoms with van der Waals surface area (Å²) >= 11 is 0. The molecule has 0 saturated carbocycles. The lowest BCUT2D eigenvalue weighted by Crippen LogP contribution is -1.94. The van der Waals surface area contributed by atoms with Gasteiger partial charge < -0.3 is 0 Å². The molecular weight excluding hydrogens is 506 g/mol. The zero-order valence-corrected chi connectivity index (χ0v) is 22.9. The minimum atomic E-state index is 0.727. The van der Waals surface area contributed by atoms with Crippen molar-refractivity contribution in [1.82, 2.24) is 0 Å². The van der Waals surface area contributed by atoms with E-state index in [1.165, 1.54) is 43.8 Å². The van der Waals surface area contributed by atoms with Crippen molar-refractivity contribution in [2.45, 2.75) is 0 Å². The van der Waals surface area contributed by atoms with Gasteiger partial charge in [-0.05, 0) is 71.8 Å². The van der Waals surface area contributed by atoms with Crippen molar-refractivity contribution in [2.75, 3.05) is 0 Å². The number of rotatable bonds is 3. The van der Waals surface area contributed by atoms with E-state index < -0.39 is 0 Å². The van der Waals surface area contributed by atoms with Crippen molar-refractivity contribution >= 4 is 43.1 Å². The Morgan fingerprint density at radius 1 is 0.333 bits per heavy atom. The molecule has 8 rings (SSSR count). The smallest absolute Gasteiger partial charge is 0.100 e. The molecule has 8 aromatic carbocycles. The van der Waals surface area contributed by atoms with E-state index in [1.807, 2.05) is 12.1 Å². The maximum Gasteiger partial charge on any atom is 0.100 e. The predicted molar refractivity (Wildman–Crippen MR) is 177 cm³/mol. The Hall–Kier alpha value is -5.71. The van der Waals surface area contributed by atoms with E-state index in [1.54, 1.807) is 0 Å². The average molecular weight is 532 g/mol. The molecule has 0 aliphatic heterocycles. The molecule has 0 amide bonds. The van der Waals surface area contributed by atoms with Gasteiger partial charge in [0.2, 0.25) is 0 Å². The van der Waals surface area contributed by atoms with Crippen molar-refractivity contribution < 1.29 is 0 Å². The fourth-order valence-corrected chi connectivity index (χ4v) is 6.71. The first-order chi connectivity index (χ1) is 20.8. The lowest BCUT2D eigenvalue weighted by atomic mass is 9.83. The zero-order valence-electron chi connectivity index (χ0n) is 22.9. The molecule has 0 spiro atoms. The van der Waals surface area contributed by atoms with Crippen molar-refractivity contribution in [3.8, 4) is 39.4 Å². The summed E-state index contributed by atoms with van der Waals surface area (Å²) < 4.78 is 0. The van der Waals surface area contributed by atoms with Crippen LogP contribution in [-0.4, -0.2) is 0 Å². The van der Waals surface area contributed by atoms with Gasteiger partial charge in [-0.2, -0.15) is 5.26 Å². The molecule has 0 saturated heterocycles. The van der Waals surface area contributed by atoms with Crippen molar-refractivity contribution in [1.29, 1.82) is 5.26 Å². The topological polar surface area (TPSA) is 23.8 Å². The molecule has 0 atom stereocenters. The Morgan fingerprint density at radius 2 is 0.667 bits per heavy atom. The summed E-state index contributed by atoms with van der Waals surface area (Å²) in [4.78, 5) is 0. The number of hydrogen-bond acceptors (Lipinski definition) is 1. The first kappa shape index (κ1) is 24.1. The molecule has 0 N–H and O–H groups in total. The van der Waals surface area contributed by atoms with Crippen LogP contribution in [0.1, 0.15) is 5.56 Å². The Kier molecular flexibility index (Phi) is 5.59. The second kappa shape index (κ2) is 9.73. The Morgan fingerprint density at radius 3 is 1.12 bits per heavy atom. The number of nitrogens with zero attached hydrogens (tertiary/aromatic N) is 1. The van der Waals surface area contributed by atoms with E-state index in [0.29, 0.717) is 0 Å². The van der Waals surface area contributed by atoms with E-state index in [4.69, 9.17) is 0 Å². The first-order valence-corrected chi connectivity index (χ1v) is 14.3. The van der Waals surface area contributed by atoms with Crippen molar-refractivity contribution in [3.63, 3.8) is 0 Å². The van der Waals surface area contributed by atoms with Crippen LogP contribution in [0.25, 0.3) is 76.5 Å². The van der Waals surface area contributed by atoms with Crippen LogP contribution in [-0.2, 0) is 0 Å². The van der Waals surface area contributed by atoms with Crippen molar-refractivity contribution in [3.05, 3.63) is 157 Å². The fourth-order valence-electron chi connectivity index (χ4n) is 6.71. The van der Waals surface area contributed by atoms with E-state index in [2.05, 4.69) is 146 Å². The van der Waals surface area contributed by atoms with Crippen LogP contribution in [0.5, 0.6) is 0 Å². The third-order valence-electron chi connectivity index (χ3n) is 8.50. The molecule has 0 aliphatic rings. The van der Waals surface area contributed by atoms with E-state index in [0.717, 1.165) is 38.2 Å². The lowest BCUT2D eigenvalue weighted by molar-refractivity contribution is 1.51. The monoisotopic (exact) mass is 531 g/mol. The summed E-state index contributed by atoms with van der Waals surface area (Å²) in [7, 11) is 0. The predicted octanol–water partition coefficient (Wildman–Crippen LogP) is 11.2. The third kappa shape index (κ3) is 3.63. The van der Waals surface area contributed by atoms with Gasteiger partial charge in [-0.3, -0.25) is 0 Å². The van der Waals surface area contributed by atoms with Crippen LogP contribution < -0.4 is 0 Å². The highest BCUT2D eigenvalue weighted by Gasteiger charge is 2.20. The first-order valence-electron chi connectivity index (χ1n) is 14.3. The molecule has 0 radical (unpaired) electrons. The Balaban J connectivity index is 1.50. The molecule has 0 heterocycles. The van der Waals surface area contributed by atoms with Gasteiger partial charge in [-0.15, -0.1) is 0 Å². The maximum atomic E-state index is 10.2.